The summed E-state index contributed by atoms with van der Waals surface area (Å²) in [5, 5.41) is 3.32. The van der Waals surface area contributed by atoms with E-state index in [2.05, 4.69) is 5.32 Å². The van der Waals surface area contributed by atoms with Crippen molar-refractivity contribution in [2.45, 2.75) is 12.5 Å². The highest BCUT2D eigenvalue weighted by atomic mass is 35.5. The molecule has 0 spiro atoms. The normalized spacial score (nSPS) is 22.9. The fraction of sp³-hybridized carbons (Fsp3) is 0.357. The maximum absolute atomic E-state index is 12.2. The van der Waals surface area contributed by atoms with Crippen LogP contribution in [0.25, 0.3) is 6.08 Å². The van der Waals surface area contributed by atoms with Crippen molar-refractivity contribution in [3.05, 3.63) is 34.4 Å². The first-order valence-corrected chi connectivity index (χ1v) is 8.77. The van der Waals surface area contributed by atoms with Crippen molar-refractivity contribution >= 4 is 33.4 Å². The molecule has 1 N–H and O–H groups in total. The van der Waals surface area contributed by atoms with Crippen molar-refractivity contribution in [3.8, 4) is 5.75 Å². The van der Waals surface area contributed by atoms with Crippen LogP contribution in [0.1, 0.15) is 12.0 Å². The van der Waals surface area contributed by atoms with E-state index >= 15 is 0 Å². The van der Waals surface area contributed by atoms with Crippen LogP contribution in [0.4, 0.5) is 0 Å². The van der Waals surface area contributed by atoms with E-state index in [0.29, 0.717) is 22.8 Å². The van der Waals surface area contributed by atoms with E-state index in [1.807, 2.05) is 0 Å². The topological polar surface area (TPSA) is 72.5 Å². The van der Waals surface area contributed by atoms with Gasteiger partial charge in [-0.2, -0.15) is 0 Å². The second kappa shape index (κ2) is 5.35. The van der Waals surface area contributed by atoms with Crippen molar-refractivity contribution in [3.63, 3.8) is 0 Å². The van der Waals surface area contributed by atoms with Gasteiger partial charge in [-0.1, -0.05) is 11.6 Å². The van der Waals surface area contributed by atoms with Crippen molar-refractivity contribution in [1.82, 2.24) is 5.32 Å². The van der Waals surface area contributed by atoms with E-state index in [0.717, 1.165) is 5.56 Å². The number of carbonyl (C=O) groups excluding carboxylic acids is 1. The summed E-state index contributed by atoms with van der Waals surface area (Å²) in [4.78, 5) is 12.2. The highest BCUT2D eigenvalue weighted by Crippen LogP contribution is 2.29. The SMILES string of the molecule is O=C(N[C@H]1CCS(=O)(=O)C1)C1=Cc2cc(Cl)ccc2OC1. The maximum atomic E-state index is 12.2. The minimum Gasteiger partial charge on any atom is -0.488 e. The van der Waals surface area contributed by atoms with E-state index in [1.165, 1.54) is 0 Å². The first kappa shape index (κ1) is 14.4. The first-order chi connectivity index (χ1) is 9.93. The maximum Gasteiger partial charge on any atom is 0.250 e. The Balaban J connectivity index is 1.74. The van der Waals surface area contributed by atoms with Crippen LogP contribution in [0.3, 0.4) is 0 Å². The van der Waals surface area contributed by atoms with E-state index in [-0.39, 0.29) is 30.1 Å². The summed E-state index contributed by atoms with van der Waals surface area (Å²) in [5.41, 5.74) is 1.21. The molecule has 0 unspecified atom stereocenters. The summed E-state index contributed by atoms with van der Waals surface area (Å²) in [5.74, 6) is 0.531. The number of nitrogens with one attached hydrogen (secondary N) is 1. The summed E-state index contributed by atoms with van der Waals surface area (Å²) >= 11 is 5.92. The van der Waals surface area contributed by atoms with Crippen molar-refractivity contribution in [1.29, 1.82) is 0 Å². The molecule has 112 valence electrons. The number of fused-ring (bicyclic) bond motifs is 1. The molecule has 0 aliphatic carbocycles. The van der Waals surface area contributed by atoms with Crippen LogP contribution in [-0.4, -0.2) is 38.5 Å². The van der Waals surface area contributed by atoms with Gasteiger partial charge in [-0.15, -0.1) is 0 Å². The molecule has 1 saturated heterocycles. The molecule has 3 rings (SSSR count). The molecule has 0 aromatic heterocycles. The van der Waals surface area contributed by atoms with Crippen LogP contribution in [0.15, 0.2) is 23.8 Å². The quantitative estimate of drug-likeness (QED) is 0.891. The zero-order valence-electron chi connectivity index (χ0n) is 11.1. The van der Waals surface area contributed by atoms with Gasteiger partial charge >= 0.3 is 0 Å². The fourth-order valence-corrected chi connectivity index (χ4v) is 4.32. The van der Waals surface area contributed by atoms with Gasteiger partial charge in [0.25, 0.3) is 5.91 Å². The minimum absolute atomic E-state index is 0.00922. The van der Waals surface area contributed by atoms with Gasteiger partial charge in [0.05, 0.1) is 17.1 Å². The monoisotopic (exact) mass is 327 g/mol. The third kappa shape index (κ3) is 3.22. The highest BCUT2D eigenvalue weighted by Gasteiger charge is 2.30. The van der Waals surface area contributed by atoms with Crippen LogP contribution < -0.4 is 10.1 Å². The summed E-state index contributed by atoms with van der Waals surface area (Å²) in [7, 11) is -3.01. The molecule has 2 aliphatic heterocycles. The Labute approximate surface area is 127 Å². The third-order valence-electron chi connectivity index (χ3n) is 3.54. The third-order valence-corrected chi connectivity index (χ3v) is 5.55. The molecule has 0 radical (unpaired) electrons. The van der Waals surface area contributed by atoms with Gasteiger partial charge in [0.1, 0.15) is 12.4 Å². The number of sulfone groups is 1. The predicted molar refractivity (Wildman–Crippen MR) is 80.1 cm³/mol. The van der Waals surface area contributed by atoms with E-state index in [9.17, 15) is 13.2 Å². The fourth-order valence-electron chi connectivity index (χ4n) is 2.47. The molecule has 1 amide bonds. The van der Waals surface area contributed by atoms with Crippen LogP contribution in [-0.2, 0) is 14.6 Å². The Morgan fingerprint density at radius 3 is 2.90 bits per heavy atom. The smallest absolute Gasteiger partial charge is 0.250 e. The van der Waals surface area contributed by atoms with Crippen LogP contribution in [0.5, 0.6) is 5.75 Å². The number of halogens is 1. The van der Waals surface area contributed by atoms with Gasteiger partial charge in [-0.25, -0.2) is 8.42 Å². The second-order valence-electron chi connectivity index (χ2n) is 5.21. The van der Waals surface area contributed by atoms with Crippen LogP contribution in [0.2, 0.25) is 5.02 Å². The Morgan fingerprint density at radius 2 is 2.19 bits per heavy atom. The van der Waals surface area contributed by atoms with Crippen LogP contribution >= 0.6 is 11.6 Å². The molecule has 2 heterocycles. The number of ether oxygens (including phenoxy) is 1. The standard InChI is InChI=1S/C14H14ClNO4S/c15-11-1-2-13-9(6-11)5-10(7-20-13)14(17)16-12-3-4-21(18,19)8-12/h1-2,5-6,12H,3-4,7-8H2,(H,16,17)/t12-/m0/s1. The van der Waals surface area contributed by atoms with E-state index < -0.39 is 9.84 Å². The zero-order valence-corrected chi connectivity index (χ0v) is 12.7. The summed E-state index contributed by atoms with van der Waals surface area (Å²) in [6.45, 7) is 0.167. The van der Waals surface area contributed by atoms with E-state index in [1.54, 1.807) is 24.3 Å². The largest absolute Gasteiger partial charge is 0.488 e. The molecule has 21 heavy (non-hydrogen) atoms. The van der Waals surface area contributed by atoms with Gasteiger partial charge < -0.3 is 10.1 Å². The van der Waals surface area contributed by atoms with Gasteiger partial charge in [0.15, 0.2) is 9.84 Å². The lowest BCUT2D eigenvalue weighted by Gasteiger charge is -2.19. The van der Waals surface area contributed by atoms with Crippen molar-refractivity contribution < 1.29 is 17.9 Å². The molecule has 1 atom stereocenters. The van der Waals surface area contributed by atoms with Crippen molar-refractivity contribution in [2.24, 2.45) is 0 Å². The number of hydrogen-bond donors (Lipinski definition) is 1. The lowest BCUT2D eigenvalue weighted by atomic mass is 10.1. The Hall–Kier alpha value is -1.53. The van der Waals surface area contributed by atoms with Gasteiger partial charge in [0, 0.05) is 16.6 Å². The predicted octanol–water partition coefficient (Wildman–Crippen LogP) is 1.42. The van der Waals surface area contributed by atoms with Gasteiger partial charge in [0.2, 0.25) is 0 Å². The molecular formula is C14H14ClNO4S. The molecule has 2 aliphatic rings. The number of rotatable bonds is 2. The molecule has 1 fully saturated rings. The molecule has 5 nitrogen and oxygen atoms in total. The Morgan fingerprint density at radius 1 is 1.38 bits per heavy atom. The average Bonchev–Trinajstić information content (AvgIpc) is 2.77. The number of amides is 1. The lowest BCUT2D eigenvalue weighted by molar-refractivity contribution is -0.118. The molecule has 7 heteroatoms. The molecule has 0 bridgehead atoms. The average molecular weight is 328 g/mol. The number of carbonyl (C=O) groups is 1. The van der Waals surface area contributed by atoms with Crippen molar-refractivity contribution in [2.75, 3.05) is 18.1 Å². The van der Waals surface area contributed by atoms with Gasteiger partial charge in [-0.3, -0.25) is 4.79 Å². The summed E-state index contributed by atoms with van der Waals surface area (Å²) < 4.78 is 28.3. The molecule has 0 saturated carbocycles. The number of benzene rings is 1. The summed E-state index contributed by atoms with van der Waals surface area (Å²) in [6.07, 6.45) is 2.19. The van der Waals surface area contributed by atoms with Crippen LogP contribution in [0, 0.1) is 0 Å². The van der Waals surface area contributed by atoms with Gasteiger partial charge in [-0.05, 0) is 30.7 Å². The second-order valence-corrected chi connectivity index (χ2v) is 7.88. The Kier molecular flexibility index (Phi) is 3.67. The molecular weight excluding hydrogens is 314 g/mol. The molecule has 1 aromatic rings. The summed E-state index contributed by atoms with van der Waals surface area (Å²) in [6, 6.07) is 4.89. The minimum atomic E-state index is -3.01. The zero-order chi connectivity index (χ0) is 15.0. The number of hydrogen-bond acceptors (Lipinski definition) is 4. The highest BCUT2D eigenvalue weighted by molar-refractivity contribution is 7.91. The van der Waals surface area contributed by atoms with E-state index in [4.69, 9.17) is 16.3 Å². The first-order valence-electron chi connectivity index (χ1n) is 6.57. The Bertz CT molecular complexity index is 726. The lowest BCUT2D eigenvalue weighted by Crippen LogP contribution is -2.38. The molecule has 1 aromatic carbocycles.